The molecule has 12 nitrogen and oxygen atoms in total. The Morgan fingerprint density at radius 2 is 1.53 bits per heavy atom. The third-order valence-electron chi connectivity index (χ3n) is 14.7. The molecule has 12 heteroatoms. The third kappa shape index (κ3) is 7.29. The third-order valence-corrected chi connectivity index (χ3v) is 14.7. The minimum atomic E-state index is -0.799. The van der Waals surface area contributed by atoms with Gasteiger partial charge in [-0.1, -0.05) is 60.7 Å². The number of benzene rings is 3. The summed E-state index contributed by atoms with van der Waals surface area (Å²) in [5.41, 5.74) is 11.4. The Morgan fingerprint density at radius 1 is 0.831 bits per heavy atom. The summed E-state index contributed by atoms with van der Waals surface area (Å²) in [5.74, 6) is 0.184. The van der Waals surface area contributed by atoms with Crippen molar-refractivity contribution in [1.29, 1.82) is 0 Å². The number of alkyl carbamates (subject to hydrolysis) is 1. The van der Waals surface area contributed by atoms with E-state index in [2.05, 4.69) is 34.9 Å². The second-order valence-electron chi connectivity index (χ2n) is 18.4. The summed E-state index contributed by atoms with van der Waals surface area (Å²) in [6.45, 7) is 1.74. The van der Waals surface area contributed by atoms with Crippen LogP contribution in [0.2, 0.25) is 0 Å². The molecule has 2 saturated heterocycles. The van der Waals surface area contributed by atoms with E-state index in [1.54, 1.807) is 4.90 Å². The number of rotatable bonds is 9. The lowest BCUT2D eigenvalue weighted by atomic mass is 9.50. The van der Waals surface area contributed by atoms with Gasteiger partial charge in [0.25, 0.3) is 0 Å². The van der Waals surface area contributed by atoms with Gasteiger partial charge in [0.15, 0.2) is 0 Å². The van der Waals surface area contributed by atoms with Crippen LogP contribution in [-0.2, 0) is 24.0 Å². The number of nitrogens with zero attached hydrogens (tertiary/aromatic N) is 1. The Hall–Kier alpha value is -4.49. The number of ether oxygens (including phenoxy) is 3. The zero-order valence-electron chi connectivity index (χ0n) is 33.7. The molecule has 8 aliphatic rings. The highest BCUT2D eigenvalue weighted by Gasteiger charge is 2.70. The number of piperidine rings is 1. The number of nitrogens with two attached hydrogens (primary N) is 1. The summed E-state index contributed by atoms with van der Waals surface area (Å²) in [5, 5.41) is 6.44. The highest BCUT2D eigenvalue weighted by Crippen LogP contribution is 2.65. The largest absolute Gasteiger partial charge is 0.449 e. The summed E-state index contributed by atoms with van der Waals surface area (Å²) >= 11 is 0. The molecule has 3 aromatic carbocycles. The quantitative estimate of drug-likeness (QED) is 0.185. The van der Waals surface area contributed by atoms with Crippen LogP contribution in [-0.4, -0.2) is 72.4 Å². The fourth-order valence-electron chi connectivity index (χ4n) is 12.1. The normalized spacial score (nSPS) is 31.9. The van der Waals surface area contributed by atoms with Gasteiger partial charge in [-0.15, -0.1) is 0 Å². The van der Waals surface area contributed by atoms with Crippen LogP contribution in [0.3, 0.4) is 0 Å². The molecular formula is C47H56N4O8. The first-order valence-corrected chi connectivity index (χ1v) is 22.0. The molecule has 59 heavy (non-hydrogen) atoms. The molecule has 6 aliphatic carbocycles. The van der Waals surface area contributed by atoms with Crippen LogP contribution >= 0.6 is 0 Å². The molecule has 3 aromatic rings. The summed E-state index contributed by atoms with van der Waals surface area (Å²) in [4.78, 5) is 53.2. The monoisotopic (exact) mass is 804 g/mol. The van der Waals surface area contributed by atoms with Crippen molar-refractivity contribution in [2.24, 2.45) is 23.5 Å². The van der Waals surface area contributed by atoms with Crippen molar-refractivity contribution >= 4 is 18.1 Å². The minimum Gasteiger partial charge on any atom is -0.449 e. The van der Waals surface area contributed by atoms with Crippen LogP contribution in [0.4, 0.5) is 9.59 Å². The molecule has 4 bridgehead atoms. The SMILES string of the molecule is NCCCC(=O)NC12CC3C[C@H](C1)C1(OO[C@@]4(CCC[C@@H](c5ccc(OC(=O)N6CCC(NC(=O)OCC7c8ccccc8-c8ccccc87)CC6)cc5)C4)O1)[C@@H](C3)C2. The van der Waals surface area contributed by atoms with Gasteiger partial charge in [0, 0.05) is 61.7 Å². The smallest absolute Gasteiger partial charge is 0.415 e. The van der Waals surface area contributed by atoms with Gasteiger partial charge >= 0.3 is 12.2 Å². The standard InChI is InChI=1S/C47H56N4O8/c48-20-6-12-42(52)50-45-25-30-23-33(27-45)47(34(24-30)28-45)57-46(58-59-47)19-5-7-32(26-46)31-13-15-36(16-14-31)56-44(54)51-21-17-35(18-22-51)49-43(53)55-29-41-39-10-3-1-8-37(39)38-9-2-4-11-40(38)41/h1-4,8-11,13-16,30,32-35,41H,5-7,12,17-29,48H2,(H,49,53)(H,50,52)/t30?,32-,33-,34+,45?,46-,47?/m1/s1. The van der Waals surface area contributed by atoms with Crippen molar-refractivity contribution in [3.8, 4) is 16.9 Å². The van der Waals surface area contributed by atoms with Crippen molar-refractivity contribution in [1.82, 2.24) is 15.5 Å². The van der Waals surface area contributed by atoms with Crippen LogP contribution in [0.25, 0.3) is 11.1 Å². The number of nitrogens with one attached hydrogen (secondary N) is 2. The summed E-state index contributed by atoms with van der Waals surface area (Å²) in [6, 6.07) is 24.3. The summed E-state index contributed by atoms with van der Waals surface area (Å²) in [7, 11) is 0. The Balaban J connectivity index is 0.692. The zero-order chi connectivity index (χ0) is 40.2. The van der Waals surface area contributed by atoms with E-state index in [-0.39, 0.29) is 47.8 Å². The van der Waals surface area contributed by atoms with Crippen LogP contribution in [0, 0.1) is 17.8 Å². The molecule has 312 valence electrons. The Morgan fingerprint density at radius 3 is 2.22 bits per heavy atom. The lowest BCUT2D eigenvalue weighted by Crippen LogP contribution is -2.69. The number of hydrogen-bond donors (Lipinski definition) is 3. The second kappa shape index (κ2) is 15.5. The van der Waals surface area contributed by atoms with Crippen LogP contribution in [0.5, 0.6) is 5.75 Å². The zero-order valence-corrected chi connectivity index (χ0v) is 33.7. The number of carbonyl (C=O) groups is 3. The molecule has 3 unspecified atom stereocenters. The second-order valence-corrected chi connectivity index (χ2v) is 18.4. The molecule has 11 rings (SSSR count). The molecule has 0 radical (unpaired) electrons. The van der Waals surface area contributed by atoms with Gasteiger partial charge in [-0.05, 0) is 123 Å². The van der Waals surface area contributed by atoms with Gasteiger partial charge in [-0.25, -0.2) is 9.59 Å². The topological polar surface area (TPSA) is 151 Å². The molecule has 7 atom stereocenters. The van der Waals surface area contributed by atoms with Gasteiger partial charge in [-0.3, -0.25) is 4.79 Å². The predicted molar refractivity (Wildman–Crippen MR) is 218 cm³/mol. The predicted octanol–water partition coefficient (Wildman–Crippen LogP) is 7.65. The Labute approximate surface area is 345 Å². The number of carbonyl (C=O) groups excluding carboxylic acids is 3. The van der Waals surface area contributed by atoms with E-state index < -0.39 is 23.8 Å². The summed E-state index contributed by atoms with van der Waals surface area (Å²) in [6.07, 6.45) is 9.83. The average molecular weight is 805 g/mol. The number of hydrogen-bond acceptors (Lipinski definition) is 9. The summed E-state index contributed by atoms with van der Waals surface area (Å²) < 4.78 is 18.6. The fraction of sp³-hybridized carbons (Fsp3) is 0.553. The highest BCUT2D eigenvalue weighted by atomic mass is 17.3. The molecule has 2 spiro atoms. The maximum absolute atomic E-state index is 13.2. The lowest BCUT2D eigenvalue weighted by molar-refractivity contribution is -0.391. The van der Waals surface area contributed by atoms with Crippen LogP contribution in [0.1, 0.15) is 112 Å². The van der Waals surface area contributed by atoms with Crippen molar-refractivity contribution in [3.05, 3.63) is 89.5 Å². The molecule has 2 aliphatic heterocycles. The molecule has 5 saturated carbocycles. The number of amides is 3. The first kappa shape index (κ1) is 38.7. The molecule has 3 amide bonds. The van der Waals surface area contributed by atoms with E-state index in [0.717, 1.165) is 56.9 Å². The molecule has 2 heterocycles. The molecule has 0 aromatic heterocycles. The van der Waals surface area contributed by atoms with Gasteiger partial charge < -0.3 is 35.5 Å². The fourth-order valence-corrected chi connectivity index (χ4v) is 12.1. The van der Waals surface area contributed by atoms with Crippen molar-refractivity contribution in [2.45, 2.75) is 118 Å². The van der Waals surface area contributed by atoms with Crippen LogP contribution < -0.4 is 21.1 Å². The highest BCUT2D eigenvalue weighted by molar-refractivity contribution is 5.79. The number of likely N-dealkylation sites (tertiary alicyclic amines) is 1. The van der Waals surface area contributed by atoms with Crippen molar-refractivity contribution < 1.29 is 38.4 Å². The Bertz CT molecular complexity index is 2010. The Kier molecular flexibility index (Phi) is 10.2. The number of fused-ring (bicyclic) bond motifs is 3. The van der Waals surface area contributed by atoms with Gasteiger partial charge in [0.2, 0.25) is 17.5 Å². The van der Waals surface area contributed by atoms with Crippen molar-refractivity contribution in [3.63, 3.8) is 0 Å². The van der Waals surface area contributed by atoms with Gasteiger partial charge in [-0.2, -0.15) is 9.78 Å². The van der Waals surface area contributed by atoms with E-state index in [0.29, 0.717) is 63.4 Å². The molecular weight excluding hydrogens is 749 g/mol. The lowest BCUT2D eigenvalue weighted by Gasteiger charge is -2.62. The van der Waals surface area contributed by atoms with E-state index >= 15 is 0 Å². The first-order valence-electron chi connectivity index (χ1n) is 22.0. The first-order chi connectivity index (χ1) is 28.7. The van der Waals surface area contributed by atoms with Crippen molar-refractivity contribution in [2.75, 3.05) is 26.2 Å². The average Bonchev–Trinajstić information content (AvgIpc) is 3.77. The van der Waals surface area contributed by atoms with E-state index in [9.17, 15) is 14.4 Å². The molecule has 4 N–H and O–H groups in total. The van der Waals surface area contributed by atoms with E-state index in [4.69, 9.17) is 29.7 Å². The maximum Gasteiger partial charge on any atom is 0.415 e. The van der Waals surface area contributed by atoms with Gasteiger partial charge in [0.05, 0.1) is 0 Å². The van der Waals surface area contributed by atoms with E-state index in [1.807, 2.05) is 48.5 Å². The molecule has 7 fully saturated rings. The minimum absolute atomic E-state index is 0.00568. The van der Waals surface area contributed by atoms with Gasteiger partial charge in [0.1, 0.15) is 12.4 Å². The van der Waals surface area contributed by atoms with E-state index in [1.165, 1.54) is 22.3 Å². The maximum atomic E-state index is 13.2. The van der Waals surface area contributed by atoms with Crippen LogP contribution in [0.15, 0.2) is 72.8 Å².